The maximum Gasteiger partial charge on any atom is 0.427 e. The third-order valence-electron chi connectivity index (χ3n) is 3.53. The van der Waals surface area contributed by atoms with Crippen molar-refractivity contribution in [3.63, 3.8) is 0 Å². The van der Waals surface area contributed by atoms with E-state index in [1.165, 1.54) is 26.0 Å². The number of alkyl halides is 2. The average molecular weight is 406 g/mol. The number of halogens is 8. The summed E-state index contributed by atoms with van der Waals surface area (Å²) in [6.07, 6.45) is -4.01. The van der Waals surface area contributed by atoms with Gasteiger partial charge in [-0.05, 0) is 44.0 Å². The SMILES string of the molecule is Cc1cc(C)c(C(F)(F)Oc2ccc(S(F)(F)(F)(F)F)c(F)c2)c(C)c1. The van der Waals surface area contributed by atoms with Gasteiger partial charge in [-0.25, -0.2) is 4.39 Å². The van der Waals surface area contributed by atoms with E-state index in [2.05, 4.69) is 4.74 Å². The van der Waals surface area contributed by atoms with Gasteiger partial charge in [-0.15, -0.1) is 0 Å². The zero-order chi connectivity index (χ0) is 20.2. The van der Waals surface area contributed by atoms with Gasteiger partial charge in [0, 0.05) is 6.07 Å². The Morgan fingerprint density at radius 1 is 0.846 bits per heavy atom. The Bertz CT molecular complexity index is 851. The minimum Gasteiger partial charge on any atom is -0.429 e. The maximum atomic E-state index is 14.4. The minimum absolute atomic E-state index is 0.139. The van der Waals surface area contributed by atoms with Gasteiger partial charge < -0.3 is 4.74 Å². The second-order valence-electron chi connectivity index (χ2n) is 5.95. The third-order valence-corrected chi connectivity index (χ3v) is 4.70. The summed E-state index contributed by atoms with van der Waals surface area (Å²) in [7, 11) is -10.3. The molecular weight excluding hydrogens is 392 g/mol. The first-order valence-corrected chi connectivity index (χ1v) is 9.04. The van der Waals surface area contributed by atoms with Crippen molar-refractivity contribution in [1.82, 2.24) is 0 Å². The molecule has 0 amide bonds. The highest BCUT2D eigenvalue weighted by Crippen LogP contribution is 3.02. The zero-order valence-corrected chi connectivity index (χ0v) is 14.5. The van der Waals surface area contributed by atoms with Gasteiger partial charge in [0.15, 0.2) is 0 Å². The van der Waals surface area contributed by atoms with Crippen molar-refractivity contribution in [2.45, 2.75) is 31.8 Å². The van der Waals surface area contributed by atoms with Crippen LogP contribution in [0.15, 0.2) is 35.2 Å². The van der Waals surface area contributed by atoms with Gasteiger partial charge in [0.1, 0.15) is 16.5 Å². The number of rotatable bonds is 4. The van der Waals surface area contributed by atoms with E-state index in [0.29, 0.717) is 5.56 Å². The molecule has 10 heteroatoms. The Hall–Kier alpha value is -1.97. The molecule has 0 aromatic heterocycles. The normalized spacial score (nSPS) is 15.3. The van der Waals surface area contributed by atoms with Crippen LogP contribution < -0.4 is 4.74 Å². The Balaban J connectivity index is 2.45. The van der Waals surface area contributed by atoms with E-state index in [0.717, 1.165) is 0 Å². The summed E-state index contributed by atoms with van der Waals surface area (Å²) in [4.78, 5) is -2.79. The van der Waals surface area contributed by atoms with Gasteiger partial charge >= 0.3 is 16.3 Å². The molecule has 2 rings (SSSR count). The van der Waals surface area contributed by atoms with Crippen LogP contribution >= 0.6 is 10.2 Å². The first-order valence-electron chi connectivity index (χ1n) is 7.09. The molecule has 0 bridgehead atoms. The molecule has 0 aliphatic heterocycles. The number of ether oxygens (including phenoxy) is 1. The average Bonchev–Trinajstić information content (AvgIpc) is 2.32. The molecule has 0 aliphatic rings. The van der Waals surface area contributed by atoms with Crippen molar-refractivity contribution in [1.29, 1.82) is 0 Å². The van der Waals surface area contributed by atoms with Crippen LogP contribution in [-0.4, -0.2) is 0 Å². The van der Waals surface area contributed by atoms with Crippen LogP contribution in [0.4, 0.5) is 32.6 Å². The van der Waals surface area contributed by atoms with Crippen molar-refractivity contribution >= 4 is 10.2 Å². The van der Waals surface area contributed by atoms with E-state index in [9.17, 15) is 32.6 Å². The van der Waals surface area contributed by atoms with Crippen molar-refractivity contribution in [3.05, 3.63) is 58.4 Å². The Labute approximate surface area is 144 Å². The second-order valence-corrected chi connectivity index (χ2v) is 8.33. The summed E-state index contributed by atoms with van der Waals surface area (Å²) in [5.74, 6) is -3.41. The van der Waals surface area contributed by atoms with Crippen LogP contribution in [0.25, 0.3) is 0 Å². The summed E-state index contributed by atoms with van der Waals surface area (Å²) in [5.41, 5.74) is 0.458. The fourth-order valence-corrected chi connectivity index (χ4v) is 3.45. The molecular formula is C16H14F8OS. The lowest BCUT2D eigenvalue weighted by Gasteiger charge is -2.40. The number of aryl methyl sites for hydroxylation is 3. The van der Waals surface area contributed by atoms with Crippen molar-refractivity contribution in [2.24, 2.45) is 0 Å². The lowest BCUT2D eigenvalue weighted by Crippen LogP contribution is -2.24. The van der Waals surface area contributed by atoms with Gasteiger partial charge in [-0.1, -0.05) is 37.1 Å². The van der Waals surface area contributed by atoms with E-state index in [1.54, 1.807) is 6.92 Å². The molecule has 2 aromatic rings. The molecule has 0 spiro atoms. The standard InChI is InChI=1S/C16H14F8OS/c1-9-6-10(2)15(11(3)7-9)16(18,19)25-12-4-5-14(13(17)8-12)26(20,21,22,23)24/h4-8H,1-3H3. The summed E-state index contributed by atoms with van der Waals surface area (Å²) >= 11 is 0. The summed E-state index contributed by atoms with van der Waals surface area (Å²) in [6.45, 7) is 4.44. The van der Waals surface area contributed by atoms with Crippen molar-refractivity contribution in [2.75, 3.05) is 0 Å². The molecule has 0 saturated heterocycles. The summed E-state index contributed by atoms with van der Waals surface area (Å²) in [5, 5.41) is 0. The fourth-order valence-electron chi connectivity index (χ4n) is 2.70. The molecule has 26 heavy (non-hydrogen) atoms. The molecule has 0 atom stereocenters. The molecule has 146 valence electrons. The van der Waals surface area contributed by atoms with Gasteiger partial charge in [0.05, 0.1) is 5.56 Å². The topological polar surface area (TPSA) is 9.23 Å². The highest BCUT2D eigenvalue weighted by Gasteiger charge is 2.67. The number of hydrogen-bond donors (Lipinski definition) is 0. The van der Waals surface area contributed by atoms with E-state index in [4.69, 9.17) is 0 Å². The van der Waals surface area contributed by atoms with Crippen LogP contribution in [0, 0.1) is 26.6 Å². The van der Waals surface area contributed by atoms with E-state index in [-0.39, 0.29) is 29.3 Å². The Morgan fingerprint density at radius 2 is 1.35 bits per heavy atom. The molecule has 2 aromatic carbocycles. The number of hydrogen-bond acceptors (Lipinski definition) is 1. The van der Waals surface area contributed by atoms with Crippen LogP contribution in [0.3, 0.4) is 0 Å². The van der Waals surface area contributed by atoms with Gasteiger partial charge in [-0.2, -0.15) is 8.78 Å². The van der Waals surface area contributed by atoms with Gasteiger partial charge in [0.25, 0.3) is 0 Å². The van der Waals surface area contributed by atoms with Gasteiger partial charge in [0.2, 0.25) is 0 Å². The predicted octanol–water partition coefficient (Wildman–Crippen LogP) is 7.54. The first kappa shape index (κ1) is 20.3. The molecule has 0 heterocycles. The monoisotopic (exact) mass is 406 g/mol. The van der Waals surface area contributed by atoms with E-state index < -0.39 is 38.4 Å². The molecule has 0 saturated carbocycles. The second kappa shape index (κ2) is 5.28. The van der Waals surface area contributed by atoms with Crippen LogP contribution in [0.1, 0.15) is 22.3 Å². The fraction of sp³-hybridized carbons (Fsp3) is 0.250. The Morgan fingerprint density at radius 3 is 1.77 bits per heavy atom. The summed E-state index contributed by atoms with van der Waals surface area (Å²) < 4.78 is 110. The van der Waals surface area contributed by atoms with Crippen molar-refractivity contribution < 1.29 is 37.3 Å². The highest BCUT2D eigenvalue weighted by molar-refractivity contribution is 8.45. The molecule has 0 N–H and O–H groups in total. The maximum absolute atomic E-state index is 14.4. The molecule has 0 fully saturated rings. The third kappa shape index (κ3) is 4.22. The number of benzene rings is 2. The van der Waals surface area contributed by atoms with E-state index >= 15 is 0 Å². The van der Waals surface area contributed by atoms with Crippen LogP contribution in [-0.2, 0) is 6.11 Å². The highest BCUT2D eigenvalue weighted by atomic mass is 32.5. The van der Waals surface area contributed by atoms with Gasteiger partial charge in [-0.3, -0.25) is 0 Å². The van der Waals surface area contributed by atoms with E-state index in [1.807, 2.05) is 0 Å². The molecule has 0 aliphatic carbocycles. The lowest BCUT2D eigenvalue weighted by molar-refractivity contribution is -0.186. The molecule has 1 nitrogen and oxygen atoms in total. The van der Waals surface area contributed by atoms with Crippen LogP contribution in [0.5, 0.6) is 5.75 Å². The smallest absolute Gasteiger partial charge is 0.427 e. The quantitative estimate of drug-likeness (QED) is 0.477. The summed E-state index contributed by atoms with van der Waals surface area (Å²) in [6, 6.07) is 2.66. The first-order chi connectivity index (χ1) is 11.4. The predicted molar refractivity (Wildman–Crippen MR) is 83.0 cm³/mol. The Kier molecular flexibility index (Phi) is 4.13. The zero-order valence-electron chi connectivity index (χ0n) is 13.7. The molecule has 0 radical (unpaired) electrons. The molecule has 0 unspecified atom stereocenters. The van der Waals surface area contributed by atoms with Crippen molar-refractivity contribution in [3.8, 4) is 5.75 Å². The van der Waals surface area contributed by atoms with Crippen LogP contribution in [0.2, 0.25) is 0 Å². The largest absolute Gasteiger partial charge is 0.429 e. The minimum atomic E-state index is -10.3. The lowest BCUT2D eigenvalue weighted by atomic mass is 9.99.